The first-order valence-corrected chi connectivity index (χ1v) is 4.49. The highest BCUT2D eigenvalue weighted by molar-refractivity contribution is 9.10. The van der Waals surface area contributed by atoms with Crippen LogP contribution >= 0.6 is 27.5 Å². The Hall–Kier alpha value is -0.650. The van der Waals surface area contributed by atoms with Crippen molar-refractivity contribution in [3.63, 3.8) is 0 Å². The van der Waals surface area contributed by atoms with Crippen molar-refractivity contribution in [1.29, 1.82) is 0 Å². The molecule has 0 aliphatic heterocycles. The third-order valence-electron chi connectivity index (χ3n) is 1.45. The van der Waals surface area contributed by atoms with Gasteiger partial charge in [-0.25, -0.2) is 4.98 Å². The maximum Gasteiger partial charge on any atom is 0.325 e. The average molecular weight is 265 g/mol. The molecule has 0 saturated heterocycles. The number of halogens is 2. The van der Waals surface area contributed by atoms with E-state index in [4.69, 9.17) is 22.4 Å². The number of hydrogen-bond acceptors (Lipinski definition) is 3. The van der Waals surface area contributed by atoms with E-state index in [9.17, 15) is 4.79 Å². The van der Waals surface area contributed by atoms with Crippen molar-refractivity contribution in [2.45, 2.75) is 6.04 Å². The quantitative estimate of drug-likeness (QED) is 0.796. The second-order valence-corrected chi connectivity index (χ2v) is 3.59. The number of hydrogen-bond donors (Lipinski definition) is 2. The molecule has 0 fully saturated rings. The number of carbonyl (C=O) groups is 1. The van der Waals surface area contributed by atoms with E-state index < -0.39 is 12.0 Å². The molecule has 0 aromatic carbocycles. The summed E-state index contributed by atoms with van der Waals surface area (Å²) in [6.07, 6.45) is 1.42. The maximum atomic E-state index is 10.6. The second-order valence-electron chi connectivity index (χ2n) is 2.34. The monoisotopic (exact) mass is 264 g/mol. The molecule has 0 bridgehead atoms. The minimum atomic E-state index is -1.11. The summed E-state index contributed by atoms with van der Waals surface area (Å²) >= 11 is 8.72. The maximum absolute atomic E-state index is 10.6. The van der Waals surface area contributed by atoms with Crippen LogP contribution in [0.1, 0.15) is 11.6 Å². The molecule has 4 nitrogen and oxygen atoms in total. The van der Waals surface area contributed by atoms with Crippen LogP contribution < -0.4 is 5.73 Å². The Bertz CT molecular complexity index is 345. The van der Waals surface area contributed by atoms with Gasteiger partial charge in [0.2, 0.25) is 0 Å². The van der Waals surface area contributed by atoms with Gasteiger partial charge in [0, 0.05) is 10.7 Å². The molecule has 0 aliphatic carbocycles. The van der Waals surface area contributed by atoms with Crippen molar-refractivity contribution >= 4 is 33.5 Å². The molecule has 0 spiro atoms. The van der Waals surface area contributed by atoms with Gasteiger partial charge in [-0.1, -0.05) is 11.6 Å². The van der Waals surface area contributed by atoms with Crippen LogP contribution in [0.2, 0.25) is 5.15 Å². The van der Waals surface area contributed by atoms with Crippen molar-refractivity contribution in [3.8, 4) is 0 Å². The molecule has 1 rings (SSSR count). The summed E-state index contributed by atoms with van der Waals surface area (Å²) in [5.74, 6) is -1.11. The van der Waals surface area contributed by atoms with E-state index in [1.165, 1.54) is 12.3 Å². The minimum Gasteiger partial charge on any atom is -0.480 e. The average Bonchev–Trinajstić information content (AvgIpc) is 2.08. The molecule has 1 aromatic rings. The van der Waals surface area contributed by atoms with Crippen molar-refractivity contribution < 1.29 is 9.90 Å². The summed E-state index contributed by atoms with van der Waals surface area (Å²) in [6, 6.07) is 0.333. The third kappa shape index (κ3) is 2.40. The fourth-order valence-corrected chi connectivity index (χ4v) is 1.43. The summed E-state index contributed by atoms with van der Waals surface area (Å²) in [6.45, 7) is 0. The molecule has 0 aliphatic rings. The van der Waals surface area contributed by atoms with Crippen LogP contribution in [0.5, 0.6) is 0 Å². The van der Waals surface area contributed by atoms with Gasteiger partial charge in [0.15, 0.2) is 0 Å². The minimum absolute atomic E-state index is 0.218. The molecule has 0 saturated carbocycles. The lowest BCUT2D eigenvalue weighted by Gasteiger charge is -2.08. The fourth-order valence-electron chi connectivity index (χ4n) is 0.799. The van der Waals surface area contributed by atoms with E-state index in [1.807, 2.05) is 0 Å². The number of carboxylic acid groups (broad SMARTS) is 1. The summed E-state index contributed by atoms with van der Waals surface area (Å²) in [5.41, 5.74) is 5.80. The number of rotatable bonds is 2. The van der Waals surface area contributed by atoms with E-state index in [1.54, 1.807) is 0 Å². The predicted molar refractivity (Wildman–Crippen MR) is 51.5 cm³/mol. The van der Waals surface area contributed by atoms with Gasteiger partial charge in [0.25, 0.3) is 0 Å². The smallest absolute Gasteiger partial charge is 0.325 e. The van der Waals surface area contributed by atoms with Gasteiger partial charge in [-0.3, -0.25) is 4.79 Å². The van der Waals surface area contributed by atoms with Gasteiger partial charge in [-0.15, -0.1) is 0 Å². The molecule has 0 amide bonds. The number of nitrogens with zero attached hydrogens (tertiary/aromatic N) is 1. The number of pyridine rings is 1. The Morgan fingerprint density at radius 1 is 1.77 bits per heavy atom. The first-order chi connectivity index (χ1) is 6.02. The lowest BCUT2D eigenvalue weighted by atomic mass is 10.1. The molecular weight excluding hydrogens is 259 g/mol. The lowest BCUT2D eigenvalue weighted by molar-refractivity contribution is -0.138. The van der Waals surface area contributed by atoms with Crippen molar-refractivity contribution in [3.05, 3.63) is 27.5 Å². The van der Waals surface area contributed by atoms with Gasteiger partial charge < -0.3 is 10.8 Å². The molecule has 1 atom stereocenters. The van der Waals surface area contributed by atoms with Crippen LogP contribution in [0, 0.1) is 0 Å². The molecular formula is C7H6BrClN2O2. The Labute approximate surface area is 87.8 Å². The van der Waals surface area contributed by atoms with Crippen molar-refractivity contribution in [2.24, 2.45) is 5.73 Å². The molecule has 13 heavy (non-hydrogen) atoms. The zero-order chi connectivity index (χ0) is 10.0. The fraction of sp³-hybridized carbons (Fsp3) is 0.143. The summed E-state index contributed by atoms with van der Waals surface area (Å²) < 4.78 is 0.534. The summed E-state index contributed by atoms with van der Waals surface area (Å²) in [4.78, 5) is 14.3. The van der Waals surface area contributed by atoms with E-state index in [-0.39, 0.29) is 5.15 Å². The van der Waals surface area contributed by atoms with Crippen LogP contribution in [0.4, 0.5) is 0 Å². The van der Waals surface area contributed by atoms with Crippen molar-refractivity contribution in [2.75, 3.05) is 0 Å². The van der Waals surface area contributed by atoms with Crippen LogP contribution in [0.3, 0.4) is 0 Å². The third-order valence-corrected chi connectivity index (χ3v) is 2.32. The highest BCUT2D eigenvalue weighted by atomic mass is 79.9. The largest absolute Gasteiger partial charge is 0.480 e. The van der Waals surface area contributed by atoms with Gasteiger partial charge in [0.05, 0.1) is 0 Å². The second kappa shape index (κ2) is 4.04. The number of aliphatic carboxylic acids is 1. The Morgan fingerprint density at radius 2 is 2.38 bits per heavy atom. The summed E-state index contributed by atoms with van der Waals surface area (Å²) in [7, 11) is 0. The highest BCUT2D eigenvalue weighted by Gasteiger charge is 2.17. The van der Waals surface area contributed by atoms with Gasteiger partial charge in [-0.05, 0) is 27.6 Å². The van der Waals surface area contributed by atoms with E-state index in [0.717, 1.165) is 0 Å². The van der Waals surface area contributed by atoms with Crippen LogP contribution in [0.15, 0.2) is 16.7 Å². The molecule has 70 valence electrons. The molecule has 6 heteroatoms. The standard InChI is InChI=1S/C7H6BrClN2O2/c8-4-2-11-5(9)1-3(4)6(10)7(12)13/h1-2,6H,10H2,(H,12,13)/t6-/m1/s1. The van der Waals surface area contributed by atoms with Crippen LogP contribution in [-0.4, -0.2) is 16.1 Å². The zero-order valence-electron chi connectivity index (χ0n) is 6.37. The normalized spacial score (nSPS) is 12.5. The number of carboxylic acids is 1. The van der Waals surface area contributed by atoms with E-state index in [2.05, 4.69) is 20.9 Å². The Kier molecular flexibility index (Phi) is 3.24. The number of aromatic nitrogens is 1. The SMILES string of the molecule is N[C@@H](C(=O)O)c1cc(Cl)ncc1Br. The molecule has 0 unspecified atom stereocenters. The zero-order valence-corrected chi connectivity index (χ0v) is 8.71. The Morgan fingerprint density at radius 3 is 2.92 bits per heavy atom. The lowest BCUT2D eigenvalue weighted by Crippen LogP contribution is -2.21. The molecule has 1 heterocycles. The Balaban J connectivity index is 3.12. The topological polar surface area (TPSA) is 76.2 Å². The first kappa shape index (κ1) is 10.4. The van der Waals surface area contributed by atoms with E-state index >= 15 is 0 Å². The van der Waals surface area contributed by atoms with Gasteiger partial charge >= 0.3 is 5.97 Å². The molecule has 0 radical (unpaired) electrons. The summed E-state index contributed by atoms with van der Waals surface area (Å²) in [5, 5.41) is 8.86. The van der Waals surface area contributed by atoms with Gasteiger partial charge in [-0.2, -0.15) is 0 Å². The molecule has 1 aromatic heterocycles. The van der Waals surface area contributed by atoms with Crippen LogP contribution in [-0.2, 0) is 4.79 Å². The number of nitrogens with two attached hydrogens (primary N) is 1. The van der Waals surface area contributed by atoms with Gasteiger partial charge in [0.1, 0.15) is 11.2 Å². The van der Waals surface area contributed by atoms with Crippen LogP contribution in [0.25, 0.3) is 0 Å². The predicted octanol–water partition coefficient (Wildman–Crippen LogP) is 1.58. The highest BCUT2D eigenvalue weighted by Crippen LogP contribution is 2.23. The molecule has 3 N–H and O–H groups in total. The first-order valence-electron chi connectivity index (χ1n) is 3.31. The van der Waals surface area contributed by atoms with Crippen molar-refractivity contribution in [1.82, 2.24) is 4.98 Å². The van der Waals surface area contributed by atoms with E-state index in [0.29, 0.717) is 10.0 Å².